The van der Waals surface area contributed by atoms with E-state index in [1.165, 1.54) is 29.6 Å². The van der Waals surface area contributed by atoms with Crippen LogP contribution in [0.15, 0.2) is 41.5 Å². The standard InChI is InChI=1S/C42H59NO4/c1-25(2)33-30(44)24-42(36(46)43-11)23-22-40(9)29(34(33)42)16-17-32-39(8)20-18-28(38(6,7)31(39)19-21-41(32,40)10)26-12-14-27(15-13-26)35(45)47-37(3,4)5/h12-15,18,25,29,31-32H,16-17,19-24H2,1-11H3,(H,43,46)/t29-,31+,32-,39+,40-,41-,42-/m1/s1. The van der Waals surface area contributed by atoms with Crippen molar-refractivity contribution in [1.82, 2.24) is 5.32 Å². The third-order valence-corrected chi connectivity index (χ3v) is 14.5. The summed E-state index contributed by atoms with van der Waals surface area (Å²) in [6, 6.07) is 8.06. The first kappa shape index (κ1) is 34.2. The van der Waals surface area contributed by atoms with Crippen LogP contribution < -0.4 is 5.32 Å². The first-order valence-corrected chi connectivity index (χ1v) is 18.3. The van der Waals surface area contributed by atoms with Crippen molar-refractivity contribution < 1.29 is 19.1 Å². The third-order valence-electron chi connectivity index (χ3n) is 14.5. The van der Waals surface area contributed by atoms with Gasteiger partial charge in [-0.25, -0.2) is 4.79 Å². The number of ether oxygens (including phenoxy) is 1. The topological polar surface area (TPSA) is 72.5 Å². The van der Waals surface area contributed by atoms with E-state index in [9.17, 15) is 14.4 Å². The largest absolute Gasteiger partial charge is 0.456 e. The number of carbonyl (C=O) groups excluding carboxylic acids is 3. The van der Waals surface area contributed by atoms with E-state index in [1.807, 2.05) is 32.9 Å². The molecular formula is C42H59NO4. The van der Waals surface area contributed by atoms with E-state index in [2.05, 4.69) is 72.0 Å². The van der Waals surface area contributed by atoms with Crippen molar-refractivity contribution in [2.45, 2.75) is 126 Å². The molecule has 5 aliphatic carbocycles. The van der Waals surface area contributed by atoms with Crippen LogP contribution in [0.2, 0.25) is 0 Å². The smallest absolute Gasteiger partial charge is 0.338 e. The fourth-order valence-corrected chi connectivity index (χ4v) is 12.4. The van der Waals surface area contributed by atoms with Crippen LogP contribution in [-0.4, -0.2) is 30.3 Å². The summed E-state index contributed by atoms with van der Waals surface area (Å²) in [4.78, 5) is 40.0. The highest BCUT2D eigenvalue weighted by atomic mass is 16.6. The quantitative estimate of drug-likeness (QED) is 0.333. The minimum atomic E-state index is -0.663. The highest BCUT2D eigenvalue weighted by Gasteiger charge is 2.70. The van der Waals surface area contributed by atoms with Crippen LogP contribution in [0.25, 0.3) is 5.57 Å². The minimum absolute atomic E-state index is 0.0222. The Hall–Kier alpha value is -2.69. The van der Waals surface area contributed by atoms with E-state index < -0.39 is 11.0 Å². The second-order valence-electron chi connectivity index (χ2n) is 18.5. The average Bonchev–Trinajstić information content (AvgIpc) is 3.29. The van der Waals surface area contributed by atoms with E-state index in [0.717, 1.165) is 37.7 Å². The summed E-state index contributed by atoms with van der Waals surface area (Å²) < 4.78 is 5.62. The van der Waals surface area contributed by atoms with Gasteiger partial charge >= 0.3 is 5.97 Å². The molecule has 0 bridgehead atoms. The van der Waals surface area contributed by atoms with Gasteiger partial charge in [0.1, 0.15) is 5.60 Å². The average molecular weight is 642 g/mol. The van der Waals surface area contributed by atoms with Gasteiger partial charge in [0.15, 0.2) is 5.78 Å². The molecule has 0 radical (unpaired) electrons. The molecule has 0 aromatic heterocycles. The van der Waals surface area contributed by atoms with Gasteiger partial charge in [-0.2, -0.15) is 0 Å². The molecule has 6 rings (SSSR count). The fraction of sp³-hybridized carbons (Fsp3) is 0.690. The summed E-state index contributed by atoms with van der Waals surface area (Å²) in [5.74, 6) is 1.47. The van der Waals surface area contributed by atoms with E-state index in [-0.39, 0.29) is 51.2 Å². The van der Waals surface area contributed by atoms with Gasteiger partial charge in [-0.15, -0.1) is 0 Å². The van der Waals surface area contributed by atoms with Crippen LogP contribution in [-0.2, 0) is 14.3 Å². The van der Waals surface area contributed by atoms with Crippen LogP contribution in [0.5, 0.6) is 0 Å². The molecule has 0 aliphatic heterocycles. The van der Waals surface area contributed by atoms with Crippen LogP contribution >= 0.6 is 0 Å². The van der Waals surface area contributed by atoms with Crippen molar-refractivity contribution >= 4 is 23.2 Å². The molecule has 3 saturated carbocycles. The van der Waals surface area contributed by atoms with Gasteiger partial charge in [0.25, 0.3) is 0 Å². The number of nitrogens with one attached hydrogen (secondary N) is 1. The zero-order valence-corrected chi connectivity index (χ0v) is 31.0. The Balaban J connectivity index is 1.35. The lowest BCUT2D eigenvalue weighted by Crippen LogP contribution is -2.64. The van der Waals surface area contributed by atoms with Crippen molar-refractivity contribution in [3.63, 3.8) is 0 Å². The molecule has 47 heavy (non-hydrogen) atoms. The van der Waals surface area contributed by atoms with Gasteiger partial charge in [0.05, 0.1) is 11.0 Å². The molecule has 5 nitrogen and oxygen atoms in total. The number of allylic oxidation sites excluding steroid dienone is 3. The number of hydrogen-bond donors (Lipinski definition) is 1. The maximum atomic E-state index is 13.7. The predicted octanol–water partition coefficient (Wildman–Crippen LogP) is 9.36. The molecule has 7 atom stereocenters. The maximum Gasteiger partial charge on any atom is 0.338 e. The number of Topliss-reactive ketones (excluding diaryl/α,β-unsaturated/α-hetero) is 1. The number of esters is 1. The van der Waals surface area contributed by atoms with Gasteiger partial charge in [-0.1, -0.05) is 66.7 Å². The number of rotatable bonds is 4. The second kappa shape index (κ2) is 10.9. The summed E-state index contributed by atoms with van der Waals surface area (Å²) in [6.07, 6.45) is 10.2. The van der Waals surface area contributed by atoms with Gasteiger partial charge < -0.3 is 10.1 Å². The van der Waals surface area contributed by atoms with Crippen LogP contribution in [0.1, 0.15) is 137 Å². The van der Waals surface area contributed by atoms with E-state index in [1.54, 1.807) is 7.05 Å². The molecule has 1 aromatic carbocycles. The van der Waals surface area contributed by atoms with E-state index in [0.29, 0.717) is 23.8 Å². The molecule has 1 aromatic rings. The van der Waals surface area contributed by atoms with Gasteiger partial charge in [0, 0.05) is 13.5 Å². The van der Waals surface area contributed by atoms with Crippen molar-refractivity contribution in [3.8, 4) is 0 Å². The first-order valence-electron chi connectivity index (χ1n) is 18.3. The monoisotopic (exact) mass is 641 g/mol. The fourth-order valence-electron chi connectivity index (χ4n) is 12.4. The SMILES string of the molecule is CNC(=O)[C@@]12CC[C@]3(C)[C@H](CC[C@@H]4[C@@]5(C)CC=C(c6ccc(C(=O)OC(C)(C)C)cc6)C(C)(C)[C@@H]5CC[C@]43C)C1=C(C(C)C)C(=O)C2. The molecule has 5 aliphatic rings. The van der Waals surface area contributed by atoms with Crippen molar-refractivity contribution in [2.24, 2.45) is 50.7 Å². The summed E-state index contributed by atoms with van der Waals surface area (Å²) in [6.45, 7) is 22.6. The third kappa shape index (κ3) is 4.78. The number of carbonyl (C=O) groups is 3. The lowest BCUT2D eigenvalue weighted by atomic mass is 9.33. The summed E-state index contributed by atoms with van der Waals surface area (Å²) in [5, 5.41) is 2.98. The molecule has 256 valence electrons. The highest BCUT2D eigenvalue weighted by molar-refractivity contribution is 6.06. The molecule has 1 amide bonds. The Morgan fingerprint density at radius 2 is 1.55 bits per heavy atom. The highest BCUT2D eigenvalue weighted by Crippen LogP contribution is 2.77. The van der Waals surface area contributed by atoms with Crippen molar-refractivity contribution in [3.05, 3.63) is 52.6 Å². The Bertz CT molecular complexity index is 1560. The van der Waals surface area contributed by atoms with Crippen LogP contribution in [0.4, 0.5) is 0 Å². The Labute approximate surface area is 283 Å². The van der Waals surface area contributed by atoms with Gasteiger partial charge in [-0.3, -0.25) is 9.59 Å². The molecule has 1 N–H and O–H groups in total. The summed E-state index contributed by atoms with van der Waals surface area (Å²) in [5.41, 5.74) is 4.47. The Kier molecular flexibility index (Phi) is 7.93. The van der Waals surface area contributed by atoms with E-state index in [4.69, 9.17) is 4.74 Å². The van der Waals surface area contributed by atoms with Gasteiger partial charge in [-0.05, 0) is 145 Å². The minimum Gasteiger partial charge on any atom is -0.456 e. The van der Waals surface area contributed by atoms with Crippen molar-refractivity contribution in [2.75, 3.05) is 7.05 Å². The predicted molar refractivity (Wildman–Crippen MR) is 188 cm³/mol. The second-order valence-corrected chi connectivity index (χ2v) is 18.5. The molecular weight excluding hydrogens is 582 g/mol. The lowest BCUT2D eigenvalue weighted by molar-refractivity contribution is -0.197. The molecule has 0 heterocycles. The zero-order valence-electron chi connectivity index (χ0n) is 31.0. The maximum absolute atomic E-state index is 13.7. The normalized spacial score (nSPS) is 37.7. The lowest BCUT2D eigenvalue weighted by Gasteiger charge is -2.71. The Morgan fingerprint density at radius 3 is 2.15 bits per heavy atom. The van der Waals surface area contributed by atoms with Crippen molar-refractivity contribution in [1.29, 1.82) is 0 Å². The number of fused-ring (bicyclic) bond motifs is 7. The Morgan fingerprint density at radius 1 is 0.894 bits per heavy atom. The number of hydrogen-bond acceptors (Lipinski definition) is 4. The number of benzene rings is 1. The molecule has 0 unspecified atom stereocenters. The van der Waals surface area contributed by atoms with Gasteiger partial charge in [0.2, 0.25) is 5.91 Å². The van der Waals surface area contributed by atoms with E-state index >= 15 is 0 Å². The molecule has 0 saturated heterocycles. The number of ketones is 1. The van der Waals surface area contributed by atoms with Crippen LogP contribution in [0.3, 0.4) is 0 Å². The molecule has 0 spiro atoms. The van der Waals surface area contributed by atoms with Crippen LogP contribution in [0, 0.1) is 50.7 Å². The number of amides is 1. The molecule has 5 heteroatoms. The zero-order chi connectivity index (χ0) is 34.5. The summed E-state index contributed by atoms with van der Waals surface area (Å²) in [7, 11) is 1.74. The first-order chi connectivity index (χ1) is 21.8. The molecule has 3 fully saturated rings. The summed E-state index contributed by atoms with van der Waals surface area (Å²) >= 11 is 0.